The maximum Gasteiger partial charge on any atom is 0.416 e. The van der Waals surface area contributed by atoms with E-state index in [9.17, 15) is 30.4 Å². The molecule has 3 rings (SSSR count). The molecule has 2 N–H and O–H groups in total. The van der Waals surface area contributed by atoms with Crippen molar-refractivity contribution in [2.75, 3.05) is 13.3 Å². The number of primary sulfonamides is 1. The van der Waals surface area contributed by atoms with Crippen molar-refractivity contribution in [3.05, 3.63) is 59.4 Å². The molecule has 4 nitrogen and oxygen atoms in total. The highest BCUT2D eigenvalue weighted by Gasteiger charge is 2.41. The Labute approximate surface area is 164 Å². The van der Waals surface area contributed by atoms with Gasteiger partial charge in [-0.3, -0.25) is 13.8 Å². The first kappa shape index (κ1) is 21.4. The smallest absolute Gasteiger partial charge is 0.255 e. The molecule has 1 aromatic heterocycles. The normalized spacial score (nSPS) is 17.0. The van der Waals surface area contributed by atoms with Crippen LogP contribution >= 0.6 is 0 Å². The Balaban J connectivity index is 2.08. The third-order valence-corrected chi connectivity index (χ3v) is 5.87. The van der Waals surface area contributed by atoms with Crippen molar-refractivity contribution < 1.29 is 30.4 Å². The van der Waals surface area contributed by atoms with Gasteiger partial charge >= 0.3 is 6.18 Å². The van der Waals surface area contributed by atoms with E-state index >= 15 is 0 Å². The van der Waals surface area contributed by atoms with E-state index in [-0.39, 0.29) is 23.4 Å². The Morgan fingerprint density at radius 1 is 0.966 bits per heavy atom. The first-order valence-electron chi connectivity index (χ1n) is 8.50. The molecule has 0 amide bonds. The van der Waals surface area contributed by atoms with Crippen LogP contribution < -0.4 is 5.14 Å². The van der Waals surface area contributed by atoms with Gasteiger partial charge in [-0.2, -0.15) is 13.2 Å². The van der Waals surface area contributed by atoms with E-state index in [1.54, 1.807) is 0 Å². The summed E-state index contributed by atoms with van der Waals surface area (Å²) in [6, 6.07) is 6.91. The number of sulfonamides is 1. The Kier molecular flexibility index (Phi) is 5.52. The zero-order valence-electron chi connectivity index (χ0n) is 15.0. The predicted molar refractivity (Wildman–Crippen MR) is 97.5 cm³/mol. The van der Waals surface area contributed by atoms with Crippen LogP contribution in [0.5, 0.6) is 0 Å². The van der Waals surface area contributed by atoms with Gasteiger partial charge < -0.3 is 0 Å². The van der Waals surface area contributed by atoms with Crippen LogP contribution in [0.2, 0.25) is 0 Å². The number of aromatic nitrogens is 1. The van der Waals surface area contributed by atoms with Crippen molar-refractivity contribution in [1.29, 1.82) is 0 Å². The number of pyridine rings is 1. The standard InChI is InChI=1S/C19H17F5N2O2S/c20-10-18(11-21)7-15(12-1-3-13(4-2-12)19(22,23)24)16(8-18)17-6-5-14(9-26-17)29(25,27)28/h1-6,9H,7-8,10-11H2,(H2,25,27,28). The van der Waals surface area contributed by atoms with Gasteiger partial charge in [0, 0.05) is 11.6 Å². The first-order chi connectivity index (χ1) is 13.5. The van der Waals surface area contributed by atoms with Crippen molar-refractivity contribution in [3.63, 3.8) is 0 Å². The topological polar surface area (TPSA) is 73.1 Å². The SMILES string of the molecule is NS(=O)(=O)c1ccc(C2=C(c3ccc(C(F)(F)F)cc3)CC(CF)(CF)C2)nc1. The zero-order valence-corrected chi connectivity index (χ0v) is 15.8. The maximum absolute atomic E-state index is 13.6. The highest BCUT2D eigenvalue weighted by atomic mass is 32.2. The lowest BCUT2D eigenvalue weighted by atomic mass is 9.86. The summed E-state index contributed by atoms with van der Waals surface area (Å²) >= 11 is 0. The van der Waals surface area contributed by atoms with Crippen LogP contribution in [0.25, 0.3) is 11.1 Å². The molecule has 1 aromatic carbocycles. The van der Waals surface area contributed by atoms with E-state index in [4.69, 9.17) is 5.14 Å². The van der Waals surface area contributed by atoms with Crippen LogP contribution in [-0.2, 0) is 16.2 Å². The van der Waals surface area contributed by atoms with E-state index in [0.29, 0.717) is 16.7 Å². The van der Waals surface area contributed by atoms with E-state index in [1.165, 1.54) is 24.3 Å². The van der Waals surface area contributed by atoms with Gasteiger partial charge in [0.2, 0.25) is 10.0 Å². The minimum atomic E-state index is -4.50. The van der Waals surface area contributed by atoms with Gasteiger partial charge in [0.05, 0.1) is 24.6 Å². The number of rotatable bonds is 5. The second kappa shape index (κ2) is 7.49. The lowest BCUT2D eigenvalue weighted by Gasteiger charge is -2.22. The number of hydrogen-bond donors (Lipinski definition) is 1. The highest BCUT2D eigenvalue weighted by molar-refractivity contribution is 7.89. The van der Waals surface area contributed by atoms with Crippen LogP contribution in [0, 0.1) is 5.41 Å². The molecule has 0 aliphatic heterocycles. The number of allylic oxidation sites excluding steroid dienone is 2. The second-order valence-electron chi connectivity index (χ2n) is 7.08. The molecule has 0 saturated carbocycles. The molecule has 1 aliphatic carbocycles. The number of halogens is 5. The molecule has 10 heteroatoms. The summed E-state index contributed by atoms with van der Waals surface area (Å²) in [5.74, 6) is 0. The predicted octanol–water partition coefficient (Wildman–Crippen LogP) is 4.38. The van der Waals surface area contributed by atoms with Crippen LogP contribution in [0.15, 0.2) is 47.5 Å². The summed E-state index contributed by atoms with van der Waals surface area (Å²) < 4.78 is 88.5. The second-order valence-corrected chi connectivity index (χ2v) is 8.64. The number of nitrogens with two attached hydrogens (primary N) is 1. The molecule has 1 heterocycles. The maximum atomic E-state index is 13.6. The summed E-state index contributed by atoms with van der Waals surface area (Å²) in [7, 11) is -3.96. The minimum Gasteiger partial charge on any atom is -0.255 e. The van der Waals surface area contributed by atoms with Crippen LogP contribution in [0.1, 0.15) is 29.7 Å². The summed E-state index contributed by atoms with van der Waals surface area (Å²) in [5, 5.41) is 5.04. The van der Waals surface area contributed by atoms with Gasteiger partial charge in [0.25, 0.3) is 0 Å². The van der Waals surface area contributed by atoms with E-state index in [1.807, 2.05) is 0 Å². The first-order valence-corrected chi connectivity index (χ1v) is 10.0. The molecular weight excluding hydrogens is 415 g/mol. The summed E-state index contributed by atoms with van der Waals surface area (Å²) in [6.07, 6.45) is -3.50. The van der Waals surface area contributed by atoms with Crippen molar-refractivity contribution in [2.24, 2.45) is 10.6 Å². The largest absolute Gasteiger partial charge is 0.416 e. The third-order valence-electron chi connectivity index (χ3n) is 4.97. The van der Waals surface area contributed by atoms with Crippen molar-refractivity contribution in [3.8, 4) is 0 Å². The van der Waals surface area contributed by atoms with Gasteiger partial charge in [-0.05, 0) is 53.8 Å². The fourth-order valence-corrected chi connectivity index (χ4v) is 3.82. The monoisotopic (exact) mass is 432 g/mol. The van der Waals surface area contributed by atoms with Crippen LogP contribution in [0.4, 0.5) is 22.0 Å². The zero-order chi connectivity index (χ0) is 21.4. The van der Waals surface area contributed by atoms with Gasteiger partial charge in [-0.15, -0.1) is 0 Å². The molecule has 0 spiro atoms. The van der Waals surface area contributed by atoms with E-state index < -0.39 is 40.5 Å². The Hall–Kier alpha value is -2.33. The Morgan fingerprint density at radius 3 is 2.00 bits per heavy atom. The fraction of sp³-hybridized carbons (Fsp3) is 0.316. The van der Waals surface area contributed by atoms with Crippen LogP contribution in [-0.4, -0.2) is 26.8 Å². The van der Waals surface area contributed by atoms with Gasteiger partial charge in [-0.25, -0.2) is 13.6 Å². The molecule has 156 valence electrons. The molecule has 0 bridgehead atoms. The van der Waals surface area contributed by atoms with E-state index in [0.717, 1.165) is 18.3 Å². The van der Waals surface area contributed by atoms with Gasteiger partial charge in [-0.1, -0.05) is 12.1 Å². The molecule has 0 fully saturated rings. The summed E-state index contributed by atoms with van der Waals surface area (Å²) in [6.45, 7) is -1.90. The highest BCUT2D eigenvalue weighted by Crippen LogP contribution is 2.50. The Bertz CT molecular complexity index is 1030. The van der Waals surface area contributed by atoms with E-state index in [2.05, 4.69) is 4.98 Å². The Morgan fingerprint density at radius 2 is 1.55 bits per heavy atom. The lowest BCUT2D eigenvalue weighted by Crippen LogP contribution is -2.22. The lowest BCUT2D eigenvalue weighted by molar-refractivity contribution is -0.137. The molecule has 2 aromatic rings. The quantitative estimate of drug-likeness (QED) is 0.713. The fourth-order valence-electron chi connectivity index (χ4n) is 3.36. The van der Waals surface area contributed by atoms with Crippen molar-refractivity contribution in [2.45, 2.75) is 23.9 Å². The number of hydrogen-bond acceptors (Lipinski definition) is 3. The number of nitrogens with zero attached hydrogens (tertiary/aromatic N) is 1. The molecule has 0 unspecified atom stereocenters. The van der Waals surface area contributed by atoms with Crippen molar-refractivity contribution >= 4 is 21.2 Å². The summed E-state index contributed by atoms with van der Waals surface area (Å²) in [4.78, 5) is 3.83. The molecular formula is C19H17F5N2O2S. The molecule has 0 atom stereocenters. The van der Waals surface area contributed by atoms with Gasteiger partial charge in [0.1, 0.15) is 4.90 Å². The number of alkyl halides is 5. The van der Waals surface area contributed by atoms with Crippen LogP contribution in [0.3, 0.4) is 0 Å². The summed E-state index contributed by atoms with van der Waals surface area (Å²) in [5.41, 5.74) is -0.538. The third kappa shape index (κ3) is 4.32. The molecule has 0 saturated heterocycles. The minimum absolute atomic E-state index is 0.0146. The molecule has 0 radical (unpaired) electrons. The average molecular weight is 432 g/mol. The number of benzene rings is 1. The van der Waals surface area contributed by atoms with Crippen molar-refractivity contribution in [1.82, 2.24) is 4.98 Å². The molecule has 29 heavy (non-hydrogen) atoms. The molecule has 1 aliphatic rings. The van der Waals surface area contributed by atoms with Gasteiger partial charge in [0.15, 0.2) is 0 Å². The average Bonchev–Trinajstić information content (AvgIpc) is 3.07.